The first-order chi connectivity index (χ1) is 17.7. The summed E-state index contributed by atoms with van der Waals surface area (Å²) >= 11 is 0. The van der Waals surface area contributed by atoms with Gasteiger partial charge in [0.15, 0.2) is 11.5 Å². The average Bonchev–Trinajstić information content (AvgIpc) is 2.80. The van der Waals surface area contributed by atoms with Crippen molar-refractivity contribution in [2.45, 2.75) is 65.0 Å². The number of carbonyl (C=O) groups is 1. The molecule has 0 aromatic heterocycles. The van der Waals surface area contributed by atoms with E-state index >= 15 is 0 Å². The average molecular weight is 428 g/mol. The first kappa shape index (κ1) is 13.6. The van der Waals surface area contributed by atoms with Crippen molar-refractivity contribution in [2.24, 2.45) is 23.5 Å². The van der Waals surface area contributed by atoms with Crippen molar-refractivity contribution in [3.63, 3.8) is 0 Å². The lowest BCUT2D eigenvalue weighted by Gasteiger charge is -2.47. The van der Waals surface area contributed by atoms with Gasteiger partial charge in [0.2, 0.25) is 0 Å². The van der Waals surface area contributed by atoms with Gasteiger partial charge in [0.25, 0.3) is 0 Å². The molecule has 6 heteroatoms. The number of nitrogens with two attached hydrogens (primary N) is 1. The van der Waals surface area contributed by atoms with E-state index in [1.165, 1.54) is 7.11 Å². The number of nitrogens with zero attached hydrogens (tertiary/aromatic N) is 1. The number of hydrogen-bond acceptors (Lipinski definition) is 6. The van der Waals surface area contributed by atoms with Crippen molar-refractivity contribution in [2.75, 3.05) is 27.2 Å². The van der Waals surface area contributed by atoms with Gasteiger partial charge >= 0.3 is 5.97 Å². The fourth-order valence-corrected chi connectivity index (χ4v) is 4.30. The van der Waals surface area contributed by atoms with Crippen LogP contribution >= 0.6 is 0 Å². The molecule has 3 rings (SSSR count). The Labute approximate surface area is 193 Å². The van der Waals surface area contributed by atoms with Crippen LogP contribution in [0.15, 0.2) is 12.1 Å². The topological polar surface area (TPSA) is 74.0 Å². The number of carbonyl (C=O) groups excluding carboxylic acids is 1. The van der Waals surface area contributed by atoms with Crippen LogP contribution in [0.4, 0.5) is 0 Å². The van der Waals surface area contributed by atoms with Crippen LogP contribution < -0.4 is 15.2 Å². The van der Waals surface area contributed by atoms with Gasteiger partial charge in [0.1, 0.15) is 12.1 Å². The highest BCUT2D eigenvalue weighted by Gasteiger charge is 2.41. The zero-order valence-electron chi connectivity index (χ0n) is 27.0. The summed E-state index contributed by atoms with van der Waals surface area (Å²) in [5.41, 5.74) is 7.62. The summed E-state index contributed by atoms with van der Waals surface area (Å²) in [6.45, 7) is 2.11. The third-order valence-corrected chi connectivity index (χ3v) is 6.00. The summed E-state index contributed by atoms with van der Waals surface area (Å²) in [5, 5.41) is 0. The highest BCUT2D eigenvalue weighted by molar-refractivity contribution is 5.76. The van der Waals surface area contributed by atoms with E-state index in [1.54, 1.807) is 26.0 Å². The van der Waals surface area contributed by atoms with E-state index in [0.29, 0.717) is 13.0 Å². The van der Waals surface area contributed by atoms with Crippen LogP contribution in [0.1, 0.15) is 69.9 Å². The Morgan fingerprint density at radius 2 is 2.13 bits per heavy atom. The summed E-state index contributed by atoms with van der Waals surface area (Å²) in [6, 6.07) is 1.97. The second-order valence-corrected chi connectivity index (χ2v) is 8.42. The van der Waals surface area contributed by atoms with Gasteiger partial charge in [-0.25, -0.2) is 0 Å². The maximum atomic E-state index is 12.9. The molecule has 5 atom stereocenters. The predicted octanol–water partition coefficient (Wildman–Crippen LogP) is 3.56. The molecule has 0 aliphatic carbocycles. The largest absolute Gasteiger partial charge is 0.493 e. The number of ether oxygens (including phenoxy) is 3. The fourth-order valence-electron chi connectivity index (χ4n) is 4.30. The lowest BCUT2D eigenvalue weighted by Crippen LogP contribution is -2.51. The summed E-state index contributed by atoms with van der Waals surface area (Å²) in [5.74, 6) is -4.29. The SMILES string of the molecule is [2H]C([2H])([2H])Oc1cc2c(cc1OC)[C@H]1C[C@H](OC(=O)[C@@H](N)C(C)C)[C@H](C([2H])([2H])C([2H])(C)C([2H])([2H])[2H])CN1CC2. The highest BCUT2D eigenvalue weighted by Crippen LogP contribution is 2.44. The summed E-state index contributed by atoms with van der Waals surface area (Å²) in [6.07, 6.45) is -3.03. The molecule has 2 N–H and O–H groups in total. The molecule has 1 saturated heterocycles. The number of benzene rings is 1. The Morgan fingerprint density at radius 3 is 2.80 bits per heavy atom. The lowest BCUT2D eigenvalue weighted by molar-refractivity contribution is -0.160. The van der Waals surface area contributed by atoms with E-state index in [4.69, 9.17) is 32.3 Å². The molecule has 0 saturated carbocycles. The molecule has 6 nitrogen and oxygen atoms in total. The van der Waals surface area contributed by atoms with Gasteiger partial charge in [-0.1, -0.05) is 27.6 Å². The Kier molecular flexibility index (Phi) is 4.33. The maximum absolute atomic E-state index is 12.9. The van der Waals surface area contributed by atoms with Gasteiger partial charge < -0.3 is 19.9 Å². The molecular formula is C24H38N2O4. The molecule has 2 heterocycles. The normalized spacial score (nSPS) is 32.6. The van der Waals surface area contributed by atoms with E-state index < -0.39 is 50.2 Å². The number of rotatable bonds is 7. The Balaban J connectivity index is 2.05. The first-order valence-electron chi connectivity index (χ1n) is 14.8. The smallest absolute Gasteiger partial charge is 0.323 e. The van der Waals surface area contributed by atoms with Gasteiger partial charge in [-0.2, -0.15) is 0 Å². The second kappa shape index (κ2) is 9.56. The van der Waals surface area contributed by atoms with Gasteiger partial charge in [0.05, 0.1) is 18.3 Å². The minimum absolute atomic E-state index is 0.0341. The van der Waals surface area contributed by atoms with Crippen molar-refractivity contribution >= 4 is 5.97 Å². The minimum atomic E-state index is -2.93. The molecule has 0 radical (unpaired) electrons. The Bertz CT molecular complexity index is 1060. The Morgan fingerprint density at radius 1 is 1.37 bits per heavy atom. The molecule has 1 aromatic rings. The molecular weight excluding hydrogens is 380 g/mol. The van der Waals surface area contributed by atoms with Crippen LogP contribution in [-0.2, 0) is 16.0 Å². The van der Waals surface area contributed by atoms with E-state index in [-0.39, 0.29) is 36.4 Å². The summed E-state index contributed by atoms with van der Waals surface area (Å²) < 4.78 is 88.5. The maximum Gasteiger partial charge on any atom is 0.323 e. The van der Waals surface area contributed by atoms with E-state index in [2.05, 4.69) is 0 Å². The number of esters is 1. The molecule has 168 valence electrons. The molecule has 30 heavy (non-hydrogen) atoms. The number of methoxy groups -OCH3 is 2. The predicted molar refractivity (Wildman–Crippen MR) is 118 cm³/mol. The van der Waals surface area contributed by atoms with Crippen molar-refractivity contribution in [3.8, 4) is 11.5 Å². The van der Waals surface area contributed by atoms with Gasteiger partial charge in [-0.05, 0) is 47.9 Å². The number of piperidine rings is 1. The highest BCUT2D eigenvalue weighted by atomic mass is 16.5. The third kappa shape index (κ3) is 4.75. The third-order valence-electron chi connectivity index (χ3n) is 6.00. The molecule has 2 aliphatic heterocycles. The van der Waals surface area contributed by atoms with Crippen LogP contribution in [0.5, 0.6) is 11.5 Å². The summed E-state index contributed by atoms with van der Waals surface area (Å²) in [7, 11) is -1.28. The number of hydrogen-bond donors (Lipinski definition) is 1. The minimum Gasteiger partial charge on any atom is -0.493 e. The van der Waals surface area contributed by atoms with Gasteiger partial charge in [-0.3, -0.25) is 9.69 Å². The Hall–Kier alpha value is -1.79. The van der Waals surface area contributed by atoms with Crippen LogP contribution in [-0.4, -0.2) is 50.3 Å². The molecule has 1 aromatic carbocycles. The quantitative estimate of drug-likeness (QED) is 0.671. The zero-order valence-corrected chi connectivity index (χ0v) is 18.0. The van der Waals surface area contributed by atoms with E-state index in [9.17, 15) is 4.79 Å². The fraction of sp³-hybridized carbons (Fsp3) is 0.708. The van der Waals surface area contributed by atoms with E-state index in [0.717, 1.165) is 18.1 Å². The molecule has 0 spiro atoms. The van der Waals surface area contributed by atoms with Crippen molar-refractivity contribution in [3.05, 3.63) is 23.3 Å². The monoisotopic (exact) mass is 427 g/mol. The molecule has 1 unspecified atom stereocenters. The van der Waals surface area contributed by atoms with Crippen molar-refractivity contribution < 1.29 is 31.3 Å². The lowest BCUT2D eigenvalue weighted by atomic mass is 9.79. The molecule has 0 bridgehead atoms. The van der Waals surface area contributed by atoms with Crippen molar-refractivity contribution in [1.29, 1.82) is 0 Å². The molecule has 1 fully saturated rings. The molecule has 2 aliphatic rings. The van der Waals surface area contributed by atoms with Crippen LogP contribution in [0.25, 0.3) is 0 Å². The second-order valence-electron chi connectivity index (χ2n) is 8.42. The number of fused-ring (bicyclic) bond motifs is 3. The molecule has 0 amide bonds. The first-order valence-corrected chi connectivity index (χ1v) is 10.3. The van der Waals surface area contributed by atoms with Crippen LogP contribution in [0.3, 0.4) is 0 Å². The van der Waals surface area contributed by atoms with Crippen LogP contribution in [0, 0.1) is 17.7 Å². The standard InChI is InChI=1S/C24H38N2O4/c1-14(2)9-17-13-26-8-7-16-10-21(28-5)22(29-6)11-18(16)19(26)12-20(17)30-24(27)23(25)15(3)4/h10-11,14-15,17,19-20,23H,7-9,12-13,25H2,1-6H3/t17-,19-,20+,23+/m1/s1/i1D3,5D3,9D2,14D/t14?,17-,19-,20+,23+. The van der Waals surface area contributed by atoms with E-state index in [1.807, 2.05) is 4.90 Å². The van der Waals surface area contributed by atoms with Gasteiger partial charge in [-0.15, -0.1) is 0 Å². The van der Waals surface area contributed by atoms with Gasteiger partial charge in [0, 0.05) is 39.7 Å². The summed E-state index contributed by atoms with van der Waals surface area (Å²) in [4.78, 5) is 14.9. The zero-order chi connectivity index (χ0) is 29.7. The van der Waals surface area contributed by atoms with Crippen molar-refractivity contribution in [1.82, 2.24) is 4.90 Å². The van der Waals surface area contributed by atoms with Crippen LogP contribution in [0.2, 0.25) is 0 Å².